The Morgan fingerprint density at radius 3 is 2.00 bits per heavy atom. The van der Waals surface area contributed by atoms with E-state index in [0.29, 0.717) is 0 Å². The van der Waals surface area contributed by atoms with Crippen LogP contribution >= 0.6 is 0 Å². The van der Waals surface area contributed by atoms with E-state index >= 15 is 0 Å². The Morgan fingerprint density at radius 2 is 2.00 bits per heavy atom. The molecule has 0 N–H and O–H groups in total. The monoisotopic (exact) mass is 58.1 g/mol. The van der Waals surface area contributed by atoms with E-state index in [2.05, 4.69) is 4.65 Å². The second kappa shape index (κ2) is 3.02. The molecule has 0 aromatic heterocycles. The molecule has 24 valence electrons. The van der Waals surface area contributed by atoms with Crippen molar-refractivity contribution >= 4 is 7.48 Å². The van der Waals surface area contributed by atoms with Gasteiger partial charge in [0.25, 0.3) is 7.48 Å². The molecule has 0 heterocycles. The third-order valence-electron chi connectivity index (χ3n) is 0.289. The summed E-state index contributed by atoms with van der Waals surface area (Å²) in [6.07, 6.45) is 0. The first-order valence-electron chi connectivity index (χ1n) is 1.40. The molecule has 0 spiro atoms. The maximum absolute atomic E-state index is 4.54. The molecule has 0 aromatic rings. The van der Waals surface area contributed by atoms with E-state index in [1.54, 1.807) is 7.11 Å². The van der Waals surface area contributed by atoms with Crippen LogP contribution < -0.4 is 0 Å². The molecule has 0 aromatic carbocycles. The van der Waals surface area contributed by atoms with Gasteiger partial charge in [0.05, 0.1) is 0 Å². The van der Waals surface area contributed by atoms with E-state index in [-0.39, 0.29) is 0 Å². The van der Waals surface area contributed by atoms with Crippen LogP contribution in [0.3, 0.4) is 0 Å². The van der Waals surface area contributed by atoms with Crippen LogP contribution in [0.1, 0.15) is 0 Å². The van der Waals surface area contributed by atoms with Gasteiger partial charge in [0.1, 0.15) is 0 Å². The van der Waals surface area contributed by atoms with Crippen LogP contribution in [-0.2, 0) is 4.65 Å². The van der Waals surface area contributed by atoms with Gasteiger partial charge in [-0.2, -0.15) is 0 Å². The summed E-state index contributed by atoms with van der Waals surface area (Å²) in [5.41, 5.74) is 0. The number of hydrogen-bond donors (Lipinski definition) is 0. The molecule has 0 rings (SSSR count). The maximum Gasteiger partial charge on any atom is 0.271 e. The molecule has 0 saturated heterocycles. The fourth-order valence-electron chi connectivity index (χ4n) is 0. The van der Waals surface area contributed by atoms with Crippen molar-refractivity contribution in [3.63, 3.8) is 0 Å². The molecule has 0 amide bonds. The first-order chi connectivity index (χ1) is 1.91. The van der Waals surface area contributed by atoms with Crippen LogP contribution in [-0.4, -0.2) is 14.6 Å². The molecular formula is C2H7BO. The van der Waals surface area contributed by atoms with Crippen molar-refractivity contribution in [3.05, 3.63) is 0 Å². The quantitative estimate of drug-likeness (QED) is 0.386. The summed E-state index contributed by atoms with van der Waals surface area (Å²) < 4.78 is 4.54. The normalized spacial score (nSPS) is 6.50. The van der Waals surface area contributed by atoms with Gasteiger partial charge in [0, 0.05) is 7.11 Å². The van der Waals surface area contributed by atoms with Gasteiger partial charge in [-0.15, -0.1) is 0 Å². The van der Waals surface area contributed by atoms with Crippen LogP contribution in [0, 0.1) is 0 Å². The molecule has 0 aliphatic rings. The second-order valence-electron chi connectivity index (χ2n) is 0.577. The van der Waals surface area contributed by atoms with E-state index in [0.717, 1.165) is 7.48 Å². The summed E-state index contributed by atoms with van der Waals surface area (Å²) >= 11 is 0. The zero-order chi connectivity index (χ0) is 3.41. The minimum atomic E-state index is 0.819. The molecule has 0 aliphatic carbocycles. The van der Waals surface area contributed by atoms with Gasteiger partial charge in [-0.05, 0) is 0 Å². The Labute approximate surface area is 27.2 Å². The minimum absolute atomic E-state index is 0.819. The Balaban J connectivity index is 1.97. The first-order valence-corrected chi connectivity index (χ1v) is 1.40. The van der Waals surface area contributed by atoms with Crippen molar-refractivity contribution in [1.82, 2.24) is 0 Å². The highest BCUT2D eigenvalue weighted by Crippen LogP contribution is 1.47. The predicted octanol–water partition coefficient (Wildman–Crippen LogP) is 0.0324. The van der Waals surface area contributed by atoms with Gasteiger partial charge in [-0.3, -0.25) is 0 Å². The van der Waals surface area contributed by atoms with Gasteiger partial charge in [0.15, 0.2) is 0 Å². The fraction of sp³-hybridized carbons (Fsp3) is 1.00. The molecule has 0 aliphatic heterocycles. The highest BCUT2D eigenvalue weighted by Gasteiger charge is 1.59. The number of rotatable bonds is 1. The summed E-state index contributed by atoms with van der Waals surface area (Å²) in [5.74, 6) is 0. The van der Waals surface area contributed by atoms with Crippen LogP contribution in [0.4, 0.5) is 0 Å². The van der Waals surface area contributed by atoms with E-state index in [1.165, 1.54) is 0 Å². The average Bonchev–Trinajstić information content (AvgIpc) is 1.37. The van der Waals surface area contributed by atoms with Crippen molar-refractivity contribution < 1.29 is 4.65 Å². The molecule has 0 radical (unpaired) electrons. The molecule has 2 heteroatoms. The van der Waals surface area contributed by atoms with Crippen molar-refractivity contribution in [3.8, 4) is 0 Å². The second-order valence-corrected chi connectivity index (χ2v) is 0.577. The first kappa shape index (κ1) is 4.02. The molecule has 0 atom stereocenters. The Bertz CT molecular complexity index is 8.00. The van der Waals surface area contributed by atoms with Crippen LogP contribution in [0.2, 0.25) is 6.82 Å². The van der Waals surface area contributed by atoms with Crippen LogP contribution in [0.5, 0.6) is 0 Å². The highest BCUT2D eigenvalue weighted by molar-refractivity contribution is 6.24. The SMILES string of the molecule is CBOC. The lowest BCUT2D eigenvalue weighted by atomic mass is 10.1. The maximum atomic E-state index is 4.54. The lowest BCUT2D eigenvalue weighted by molar-refractivity contribution is 0.446. The Hall–Kier alpha value is 0.0249. The third kappa shape index (κ3) is 2.02. The van der Waals surface area contributed by atoms with Gasteiger partial charge in [-0.1, -0.05) is 6.82 Å². The Kier molecular flexibility index (Phi) is 3.04. The van der Waals surface area contributed by atoms with E-state index in [9.17, 15) is 0 Å². The van der Waals surface area contributed by atoms with Gasteiger partial charge < -0.3 is 4.65 Å². The van der Waals surface area contributed by atoms with Gasteiger partial charge in [-0.25, -0.2) is 0 Å². The summed E-state index contributed by atoms with van der Waals surface area (Å²) in [6, 6.07) is 0. The van der Waals surface area contributed by atoms with Gasteiger partial charge >= 0.3 is 0 Å². The minimum Gasteiger partial charge on any atom is -0.442 e. The lowest BCUT2D eigenvalue weighted by Gasteiger charge is -1.73. The fourth-order valence-corrected chi connectivity index (χ4v) is 0. The van der Waals surface area contributed by atoms with Gasteiger partial charge in [0.2, 0.25) is 0 Å². The van der Waals surface area contributed by atoms with E-state index in [4.69, 9.17) is 0 Å². The van der Waals surface area contributed by atoms with Crippen molar-refractivity contribution in [2.45, 2.75) is 6.82 Å². The highest BCUT2D eigenvalue weighted by atomic mass is 16.4. The lowest BCUT2D eigenvalue weighted by Crippen LogP contribution is -1.79. The van der Waals surface area contributed by atoms with Crippen LogP contribution in [0.15, 0.2) is 0 Å². The smallest absolute Gasteiger partial charge is 0.271 e. The third-order valence-corrected chi connectivity index (χ3v) is 0.289. The molecule has 0 bridgehead atoms. The molecule has 1 nitrogen and oxygen atoms in total. The predicted molar refractivity (Wildman–Crippen MR) is 20.0 cm³/mol. The zero-order valence-electron chi connectivity index (χ0n) is 3.12. The average molecular weight is 57.9 g/mol. The Morgan fingerprint density at radius 1 is 1.75 bits per heavy atom. The number of hydrogen-bond acceptors (Lipinski definition) is 1. The molecule has 4 heavy (non-hydrogen) atoms. The van der Waals surface area contributed by atoms with Crippen molar-refractivity contribution in [2.75, 3.05) is 7.11 Å². The van der Waals surface area contributed by atoms with E-state index < -0.39 is 0 Å². The summed E-state index contributed by atoms with van der Waals surface area (Å²) in [6.45, 7) is 1.96. The zero-order valence-corrected chi connectivity index (χ0v) is 3.12. The standard InChI is InChI=1S/C2H7BO/c1-3-4-2/h3H,1-2H3. The van der Waals surface area contributed by atoms with E-state index in [1.807, 2.05) is 6.82 Å². The molecule has 0 unspecified atom stereocenters. The van der Waals surface area contributed by atoms with Crippen LogP contribution in [0.25, 0.3) is 0 Å². The van der Waals surface area contributed by atoms with Crippen molar-refractivity contribution in [1.29, 1.82) is 0 Å². The summed E-state index contributed by atoms with van der Waals surface area (Å²) in [7, 11) is 2.50. The largest absolute Gasteiger partial charge is 0.442 e. The molecule has 0 fully saturated rings. The summed E-state index contributed by atoms with van der Waals surface area (Å²) in [5, 5.41) is 0. The molecule has 0 saturated carbocycles. The topological polar surface area (TPSA) is 9.23 Å². The molecular weight excluding hydrogens is 50.8 g/mol. The van der Waals surface area contributed by atoms with Crippen molar-refractivity contribution in [2.24, 2.45) is 0 Å². The summed E-state index contributed by atoms with van der Waals surface area (Å²) in [4.78, 5) is 0.